The summed E-state index contributed by atoms with van der Waals surface area (Å²) >= 11 is 3.71. The Bertz CT molecular complexity index is 2090. The van der Waals surface area contributed by atoms with Crippen LogP contribution >= 0.6 is 23.5 Å². The lowest BCUT2D eigenvalue weighted by Gasteiger charge is -2.21. The fraction of sp³-hybridized carbons (Fsp3) is 0. The summed E-state index contributed by atoms with van der Waals surface area (Å²) in [5.41, 5.74) is 4.79. The Morgan fingerprint density at radius 2 is 0.974 bits per heavy atom. The fourth-order valence-corrected chi connectivity index (χ4v) is 8.15. The van der Waals surface area contributed by atoms with E-state index in [1.165, 1.54) is 41.7 Å². The second kappa shape index (κ2) is 9.01. The van der Waals surface area contributed by atoms with Gasteiger partial charge in [-0.3, -0.25) is 0 Å². The minimum atomic E-state index is -0.208. The van der Waals surface area contributed by atoms with Crippen LogP contribution in [0.25, 0.3) is 54.6 Å². The number of hydrogen-bond donors (Lipinski definition) is 0. The molecule has 0 atom stereocenters. The maximum Gasteiger partial charge on any atom is 0.123 e. The Balaban J connectivity index is 1.29. The van der Waals surface area contributed by atoms with E-state index < -0.39 is 0 Å². The normalized spacial score (nSPS) is 12.5. The number of fused-ring (bicyclic) bond motifs is 8. The molecule has 0 aromatic heterocycles. The van der Waals surface area contributed by atoms with Gasteiger partial charge in [0.1, 0.15) is 5.82 Å². The maximum absolute atomic E-state index is 14.3. The van der Waals surface area contributed by atoms with Gasteiger partial charge in [0.05, 0.1) is 0 Å². The van der Waals surface area contributed by atoms with E-state index in [1.807, 2.05) is 29.6 Å². The lowest BCUT2D eigenvalue weighted by atomic mass is 9.91. The second-order valence-corrected chi connectivity index (χ2v) is 12.0. The molecule has 1 aliphatic rings. The van der Waals surface area contributed by atoms with Crippen LogP contribution in [0.4, 0.5) is 4.39 Å². The minimum Gasteiger partial charge on any atom is -0.207 e. The van der Waals surface area contributed by atoms with Gasteiger partial charge in [-0.05, 0) is 97.0 Å². The van der Waals surface area contributed by atoms with Gasteiger partial charge in [0, 0.05) is 19.6 Å². The molecule has 39 heavy (non-hydrogen) atoms. The lowest BCUT2D eigenvalue weighted by Crippen LogP contribution is -1.92. The van der Waals surface area contributed by atoms with E-state index in [2.05, 4.69) is 109 Å². The monoisotopic (exact) mass is 536 g/mol. The topological polar surface area (TPSA) is 0 Å². The van der Waals surface area contributed by atoms with Gasteiger partial charge in [0.25, 0.3) is 0 Å². The molecule has 0 N–H and O–H groups in total. The zero-order valence-electron chi connectivity index (χ0n) is 20.8. The first kappa shape index (κ1) is 22.9. The van der Waals surface area contributed by atoms with Gasteiger partial charge in [-0.25, -0.2) is 4.39 Å². The van der Waals surface area contributed by atoms with Crippen LogP contribution in [-0.2, 0) is 0 Å². The van der Waals surface area contributed by atoms with Gasteiger partial charge in [0.2, 0.25) is 0 Å². The molecule has 184 valence electrons. The van der Waals surface area contributed by atoms with Crippen molar-refractivity contribution in [3.63, 3.8) is 0 Å². The van der Waals surface area contributed by atoms with Crippen molar-refractivity contribution in [1.82, 2.24) is 0 Å². The molecular weight excluding hydrogens is 516 g/mol. The molecule has 0 unspecified atom stereocenters. The zero-order valence-corrected chi connectivity index (χ0v) is 22.5. The van der Waals surface area contributed by atoms with Crippen LogP contribution < -0.4 is 0 Å². The van der Waals surface area contributed by atoms with Crippen LogP contribution in [0.15, 0.2) is 147 Å². The van der Waals surface area contributed by atoms with Crippen molar-refractivity contribution in [2.75, 3.05) is 0 Å². The third kappa shape index (κ3) is 3.76. The Hall–Kier alpha value is -4.05. The van der Waals surface area contributed by atoms with Crippen molar-refractivity contribution in [1.29, 1.82) is 0 Å². The first-order valence-electron chi connectivity index (χ1n) is 13.0. The van der Waals surface area contributed by atoms with Crippen LogP contribution in [0.3, 0.4) is 0 Å². The molecule has 1 aliphatic heterocycles. The fourth-order valence-electron chi connectivity index (χ4n) is 5.75. The van der Waals surface area contributed by atoms with Crippen molar-refractivity contribution >= 4 is 55.8 Å². The molecule has 1 heterocycles. The van der Waals surface area contributed by atoms with E-state index in [0.717, 1.165) is 32.5 Å². The van der Waals surface area contributed by atoms with E-state index in [9.17, 15) is 4.39 Å². The number of benzene rings is 7. The van der Waals surface area contributed by atoms with E-state index in [0.29, 0.717) is 0 Å². The second-order valence-electron chi connectivity index (χ2n) is 9.86. The smallest absolute Gasteiger partial charge is 0.123 e. The molecule has 0 spiro atoms. The molecule has 0 amide bonds. The van der Waals surface area contributed by atoms with Crippen LogP contribution in [-0.4, -0.2) is 0 Å². The lowest BCUT2D eigenvalue weighted by molar-refractivity contribution is 0.630. The number of halogens is 1. The predicted molar refractivity (Wildman–Crippen MR) is 164 cm³/mol. The van der Waals surface area contributed by atoms with Crippen molar-refractivity contribution < 1.29 is 4.39 Å². The van der Waals surface area contributed by atoms with Crippen LogP contribution in [0.1, 0.15) is 0 Å². The molecule has 0 saturated carbocycles. The Labute approximate surface area is 234 Å². The third-order valence-electron chi connectivity index (χ3n) is 7.57. The highest BCUT2D eigenvalue weighted by Gasteiger charge is 2.20. The first-order chi connectivity index (χ1) is 19.2. The van der Waals surface area contributed by atoms with Gasteiger partial charge in [-0.1, -0.05) is 108 Å². The highest BCUT2D eigenvalue weighted by molar-refractivity contribution is 8.05. The van der Waals surface area contributed by atoms with Crippen molar-refractivity contribution in [3.8, 4) is 22.3 Å². The summed E-state index contributed by atoms with van der Waals surface area (Å²) in [6.45, 7) is 0. The number of rotatable bonds is 2. The van der Waals surface area contributed by atoms with Gasteiger partial charge in [-0.2, -0.15) is 0 Å². The molecule has 0 radical (unpaired) electrons. The molecule has 7 aromatic carbocycles. The van der Waals surface area contributed by atoms with E-state index in [4.69, 9.17) is 0 Å². The summed E-state index contributed by atoms with van der Waals surface area (Å²) in [7, 11) is 0. The summed E-state index contributed by atoms with van der Waals surface area (Å²) in [6, 6.07) is 44.2. The van der Waals surface area contributed by atoms with Crippen molar-refractivity contribution in [2.24, 2.45) is 0 Å². The molecule has 7 aromatic rings. The SMILES string of the molecule is Fc1ccc2c3ccccc3c3cc(-c4cccc(-c5cccc6c5Sc5ccccc5S6)c4)ccc3c2c1. The standard InChI is InChI=1S/C36H21FS2/c37-25-16-18-29-27-9-1-2-10-28(27)31-20-23(15-17-30(31)32(29)21-25)22-7-5-8-24(19-22)26-11-6-14-35-36(26)39-34-13-4-3-12-33(34)38-35/h1-21H. The maximum atomic E-state index is 14.3. The van der Waals surface area contributed by atoms with Gasteiger partial charge >= 0.3 is 0 Å². The molecule has 0 fully saturated rings. The molecule has 8 rings (SSSR count). The zero-order chi connectivity index (χ0) is 25.9. The average Bonchev–Trinajstić information content (AvgIpc) is 2.99. The molecule has 3 heteroatoms. The summed E-state index contributed by atoms with van der Waals surface area (Å²) in [5.74, 6) is -0.208. The van der Waals surface area contributed by atoms with Crippen LogP contribution in [0.2, 0.25) is 0 Å². The third-order valence-corrected chi connectivity index (χ3v) is 10.2. The van der Waals surface area contributed by atoms with Gasteiger partial charge in [-0.15, -0.1) is 0 Å². The highest BCUT2D eigenvalue weighted by atomic mass is 32.2. The summed E-state index contributed by atoms with van der Waals surface area (Å²) < 4.78 is 14.3. The van der Waals surface area contributed by atoms with Crippen molar-refractivity contribution in [3.05, 3.63) is 133 Å². The average molecular weight is 537 g/mol. The van der Waals surface area contributed by atoms with Crippen molar-refractivity contribution in [2.45, 2.75) is 19.6 Å². The summed E-state index contributed by atoms with van der Waals surface area (Å²) in [5, 5.41) is 6.60. The number of hydrogen-bond acceptors (Lipinski definition) is 2. The van der Waals surface area contributed by atoms with Crippen LogP contribution in [0, 0.1) is 5.82 Å². The summed E-state index contributed by atoms with van der Waals surface area (Å²) in [6.07, 6.45) is 0. The van der Waals surface area contributed by atoms with E-state index in [1.54, 1.807) is 12.1 Å². The molecule has 0 bridgehead atoms. The summed E-state index contributed by atoms with van der Waals surface area (Å²) in [4.78, 5) is 5.25. The van der Waals surface area contributed by atoms with E-state index >= 15 is 0 Å². The predicted octanol–water partition coefficient (Wildman–Crippen LogP) is 11.2. The first-order valence-corrected chi connectivity index (χ1v) is 14.6. The molecule has 0 nitrogen and oxygen atoms in total. The van der Waals surface area contributed by atoms with E-state index in [-0.39, 0.29) is 5.82 Å². The highest BCUT2D eigenvalue weighted by Crippen LogP contribution is 2.51. The quantitative estimate of drug-likeness (QED) is 0.202. The molecule has 0 aliphatic carbocycles. The molecular formula is C36H21FS2. The van der Waals surface area contributed by atoms with Gasteiger partial charge in [0.15, 0.2) is 0 Å². The Kier molecular flexibility index (Phi) is 5.29. The largest absolute Gasteiger partial charge is 0.207 e. The minimum absolute atomic E-state index is 0.208. The molecule has 0 saturated heterocycles. The Morgan fingerprint density at radius 1 is 0.385 bits per heavy atom. The van der Waals surface area contributed by atoms with Gasteiger partial charge < -0.3 is 0 Å². The Morgan fingerprint density at radius 3 is 1.85 bits per heavy atom. The van der Waals surface area contributed by atoms with Crippen LogP contribution in [0.5, 0.6) is 0 Å².